The van der Waals surface area contributed by atoms with E-state index in [2.05, 4.69) is 0 Å². The van der Waals surface area contributed by atoms with E-state index in [0.717, 1.165) is 17.7 Å². The summed E-state index contributed by atoms with van der Waals surface area (Å²) in [6.07, 6.45) is 1.34. The van der Waals surface area contributed by atoms with Crippen molar-refractivity contribution in [2.45, 2.75) is 32.6 Å². The van der Waals surface area contributed by atoms with Crippen LogP contribution in [0.5, 0.6) is 5.75 Å². The van der Waals surface area contributed by atoms with Gasteiger partial charge in [0.2, 0.25) is 5.91 Å². The Morgan fingerprint density at radius 3 is 2.50 bits per heavy atom. The second kappa shape index (κ2) is 6.38. The zero-order valence-corrected chi connectivity index (χ0v) is 13.3. The van der Waals surface area contributed by atoms with Gasteiger partial charge in [0.15, 0.2) is 0 Å². The molecule has 0 radical (unpaired) electrons. The molecule has 0 aliphatic carbocycles. The number of amides is 1. The predicted octanol–water partition coefficient (Wildman–Crippen LogP) is 2.51. The number of carbonyl (C=O) groups excluding carboxylic acids is 1. The van der Waals surface area contributed by atoms with E-state index < -0.39 is 11.4 Å². The molecule has 1 N–H and O–H groups in total. The number of aliphatic carboxylic acids is 1. The first-order chi connectivity index (χ1) is 10.4. The lowest BCUT2D eigenvalue weighted by Crippen LogP contribution is -2.49. The van der Waals surface area contributed by atoms with Crippen molar-refractivity contribution in [3.63, 3.8) is 0 Å². The molecule has 22 heavy (non-hydrogen) atoms. The lowest BCUT2D eigenvalue weighted by Gasteiger charge is -2.38. The van der Waals surface area contributed by atoms with Crippen LogP contribution in [0.1, 0.15) is 38.2 Å². The van der Waals surface area contributed by atoms with Crippen molar-refractivity contribution in [1.82, 2.24) is 4.90 Å². The van der Waals surface area contributed by atoms with Crippen molar-refractivity contribution in [2.24, 2.45) is 5.41 Å². The van der Waals surface area contributed by atoms with Gasteiger partial charge in [0.25, 0.3) is 0 Å². The van der Waals surface area contributed by atoms with E-state index in [1.807, 2.05) is 31.2 Å². The summed E-state index contributed by atoms with van der Waals surface area (Å²) >= 11 is 0. The fourth-order valence-electron chi connectivity index (χ4n) is 2.91. The van der Waals surface area contributed by atoms with Gasteiger partial charge >= 0.3 is 5.97 Å². The average Bonchev–Trinajstić information content (AvgIpc) is 2.53. The highest BCUT2D eigenvalue weighted by molar-refractivity contribution is 5.84. The first-order valence-electron chi connectivity index (χ1n) is 7.53. The molecule has 1 aromatic carbocycles. The number of methoxy groups -OCH3 is 1. The molecule has 1 fully saturated rings. The molecule has 2 rings (SSSR count). The molecule has 0 aromatic heterocycles. The molecule has 1 heterocycles. The van der Waals surface area contributed by atoms with Crippen LogP contribution in [0.15, 0.2) is 24.3 Å². The fraction of sp³-hybridized carbons (Fsp3) is 0.529. The summed E-state index contributed by atoms with van der Waals surface area (Å²) in [7, 11) is 1.60. The topological polar surface area (TPSA) is 66.8 Å². The van der Waals surface area contributed by atoms with Crippen molar-refractivity contribution in [3.8, 4) is 5.75 Å². The summed E-state index contributed by atoms with van der Waals surface area (Å²) in [4.78, 5) is 25.8. The fourth-order valence-corrected chi connectivity index (χ4v) is 2.91. The van der Waals surface area contributed by atoms with Crippen LogP contribution in [0.2, 0.25) is 0 Å². The minimum absolute atomic E-state index is 0.0164. The first-order valence-corrected chi connectivity index (χ1v) is 7.53. The van der Waals surface area contributed by atoms with Gasteiger partial charge < -0.3 is 14.7 Å². The smallest absolute Gasteiger partial charge is 0.311 e. The number of hydrogen-bond acceptors (Lipinski definition) is 3. The molecule has 120 valence electrons. The van der Waals surface area contributed by atoms with Crippen molar-refractivity contribution in [2.75, 3.05) is 20.2 Å². The summed E-state index contributed by atoms with van der Waals surface area (Å²) in [6, 6.07) is 7.41. The summed E-state index contributed by atoms with van der Waals surface area (Å²) in [5, 5.41) is 9.36. The number of rotatable bonds is 4. The minimum Gasteiger partial charge on any atom is -0.497 e. The van der Waals surface area contributed by atoms with Crippen LogP contribution in [0.25, 0.3) is 0 Å². The third-order valence-corrected chi connectivity index (χ3v) is 4.51. The third kappa shape index (κ3) is 3.24. The number of piperidine rings is 1. The molecule has 2 atom stereocenters. The van der Waals surface area contributed by atoms with Gasteiger partial charge in [-0.3, -0.25) is 9.59 Å². The number of carbonyl (C=O) groups is 2. The third-order valence-electron chi connectivity index (χ3n) is 4.51. The van der Waals surface area contributed by atoms with Gasteiger partial charge in [0.1, 0.15) is 5.75 Å². The summed E-state index contributed by atoms with van der Waals surface area (Å²) in [5.41, 5.74) is 0.0708. The van der Waals surface area contributed by atoms with Gasteiger partial charge in [0, 0.05) is 13.1 Å². The van der Waals surface area contributed by atoms with Crippen LogP contribution in [0, 0.1) is 5.41 Å². The second-order valence-corrected chi connectivity index (χ2v) is 6.22. The second-order valence-electron chi connectivity index (χ2n) is 6.22. The molecule has 1 aliphatic rings. The maximum Gasteiger partial charge on any atom is 0.311 e. The molecule has 2 unspecified atom stereocenters. The summed E-state index contributed by atoms with van der Waals surface area (Å²) < 4.78 is 5.12. The Labute approximate surface area is 130 Å². The molecule has 5 nitrogen and oxygen atoms in total. The zero-order valence-electron chi connectivity index (χ0n) is 13.3. The van der Waals surface area contributed by atoms with Crippen LogP contribution in [-0.4, -0.2) is 42.1 Å². The largest absolute Gasteiger partial charge is 0.497 e. The molecule has 1 amide bonds. The van der Waals surface area contributed by atoms with Crippen LogP contribution in [0.3, 0.4) is 0 Å². The van der Waals surface area contributed by atoms with E-state index in [9.17, 15) is 14.7 Å². The van der Waals surface area contributed by atoms with Crippen LogP contribution in [-0.2, 0) is 9.59 Å². The lowest BCUT2D eigenvalue weighted by atomic mass is 9.81. The Kier molecular flexibility index (Phi) is 4.74. The molecule has 0 spiro atoms. The van der Waals surface area contributed by atoms with Gasteiger partial charge in [-0.2, -0.15) is 0 Å². The summed E-state index contributed by atoms with van der Waals surface area (Å²) in [6.45, 7) is 4.48. The van der Waals surface area contributed by atoms with Gasteiger partial charge in [0.05, 0.1) is 18.4 Å². The maximum atomic E-state index is 12.7. The van der Waals surface area contributed by atoms with Crippen LogP contribution >= 0.6 is 0 Å². The Morgan fingerprint density at radius 1 is 1.32 bits per heavy atom. The molecular formula is C17H23NO4. The Hall–Kier alpha value is -2.04. The quantitative estimate of drug-likeness (QED) is 0.928. The van der Waals surface area contributed by atoms with Crippen molar-refractivity contribution >= 4 is 11.9 Å². The van der Waals surface area contributed by atoms with Crippen LogP contribution in [0.4, 0.5) is 0 Å². The standard InChI is InChI=1S/C17H23NO4/c1-12(13-5-7-14(22-3)8-6-13)15(19)18-10-4-9-17(2,11-18)16(20)21/h5-8,12H,4,9-11H2,1-3H3,(H,20,21). The van der Waals surface area contributed by atoms with Crippen LogP contribution < -0.4 is 4.74 Å². The molecule has 1 aliphatic heterocycles. The highest BCUT2D eigenvalue weighted by Gasteiger charge is 2.40. The highest BCUT2D eigenvalue weighted by Crippen LogP contribution is 2.31. The van der Waals surface area contributed by atoms with Gasteiger partial charge in [-0.25, -0.2) is 0 Å². The number of likely N-dealkylation sites (tertiary alicyclic amines) is 1. The summed E-state index contributed by atoms with van der Waals surface area (Å²) in [5.74, 6) is -0.388. The van der Waals surface area contributed by atoms with Gasteiger partial charge in [-0.15, -0.1) is 0 Å². The number of carboxylic acid groups (broad SMARTS) is 1. The molecule has 0 bridgehead atoms. The molecule has 5 heteroatoms. The Morgan fingerprint density at radius 2 is 1.95 bits per heavy atom. The van der Waals surface area contributed by atoms with Gasteiger partial charge in [-0.05, 0) is 44.4 Å². The minimum atomic E-state index is -0.840. The average molecular weight is 305 g/mol. The molecule has 1 aromatic rings. The van der Waals surface area contributed by atoms with E-state index in [1.54, 1.807) is 18.9 Å². The Bertz CT molecular complexity index is 554. The van der Waals surface area contributed by atoms with E-state index in [4.69, 9.17) is 4.74 Å². The van der Waals surface area contributed by atoms with E-state index >= 15 is 0 Å². The Balaban J connectivity index is 2.10. The lowest BCUT2D eigenvalue weighted by molar-refractivity contribution is -0.153. The van der Waals surface area contributed by atoms with E-state index in [0.29, 0.717) is 13.0 Å². The van der Waals surface area contributed by atoms with E-state index in [-0.39, 0.29) is 18.4 Å². The zero-order chi connectivity index (χ0) is 16.3. The number of hydrogen-bond donors (Lipinski definition) is 1. The predicted molar refractivity (Wildman–Crippen MR) is 83.0 cm³/mol. The normalized spacial score (nSPS) is 23.0. The monoisotopic (exact) mass is 305 g/mol. The molecular weight excluding hydrogens is 282 g/mol. The first kappa shape index (κ1) is 16.3. The SMILES string of the molecule is COc1ccc(C(C)C(=O)N2CCCC(C)(C(=O)O)C2)cc1. The van der Waals surface area contributed by atoms with Gasteiger partial charge in [-0.1, -0.05) is 12.1 Å². The number of carboxylic acids is 1. The molecule has 0 saturated carbocycles. The van der Waals surface area contributed by atoms with Crippen molar-refractivity contribution in [1.29, 1.82) is 0 Å². The maximum absolute atomic E-state index is 12.7. The molecule has 1 saturated heterocycles. The number of nitrogens with zero attached hydrogens (tertiary/aromatic N) is 1. The van der Waals surface area contributed by atoms with E-state index in [1.165, 1.54) is 0 Å². The number of ether oxygens (including phenoxy) is 1. The van der Waals surface area contributed by atoms with Crippen molar-refractivity contribution in [3.05, 3.63) is 29.8 Å². The van der Waals surface area contributed by atoms with Crippen molar-refractivity contribution < 1.29 is 19.4 Å². The number of benzene rings is 1. The highest BCUT2D eigenvalue weighted by atomic mass is 16.5.